The molecule has 0 aliphatic carbocycles. The predicted molar refractivity (Wildman–Crippen MR) is 81.6 cm³/mol. The second-order valence-corrected chi connectivity index (χ2v) is 5.31. The Morgan fingerprint density at radius 3 is 2.80 bits per heavy atom. The topological polar surface area (TPSA) is 53.1 Å². The molecule has 0 spiro atoms. The Kier molecular flexibility index (Phi) is 4.91. The number of halogens is 2. The first kappa shape index (κ1) is 15.2. The van der Waals surface area contributed by atoms with Crippen molar-refractivity contribution in [3.05, 3.63) is 45.7 Å². The van der Waals surface area contributed by atoms with Gasteiger partial charge in [0.1, 0.15) is 5.75 Å². The highest BCUT2D eigenvalue weighted by atomic mass is 35.5. The molecular formula is C14H17Cl2N3O. The van der Waals surface area contributed by atoms with Crippen LogP contribution in [0.4, 0.5) is 0 Å². The van der Waals surface area contributed by atoms with Crippen LogP contribution in [-0.4, -0.2) is 16.9 Å². The van der Waals surface area contributed by atoms with E-state index in [4.69, 9.17) is 33.7 Å². The van der Waals surface area contributed by atoms with E-state index in [0.29, 0.717) is 15.8 Å². The Bertz CT molecular complexity index is 598. The van der Waals surface area contributed by atoms with E-state index in [1.807, 2.05) is 10.7 Å². The quantitative estimate of drug-likeness (QED) is 0.916. The molecule has 2 rings (SSSR count). The Labute approximate surface area is 128 Å². The largest absolute Gasteiger partial charge is 0.496 e. The lowest BCUT2D eigenvalue weighted by molar-refractivity contribution is 0.406. The van der Waals surface area contributed by atoms with E-state index >= 15 is 0 Å². The molecule has 1 unspecified atom stereocenters. The van der Waals surface area contributed by atoms with Gasteiger partial charge in [-0.05, 0) is 18.6 Å². The fraction of sp³-hybridized carbons (Fsp3) is 0.357. The summed E-state index contributed by atoms with van der Waals surface area (Å²) in [6.45, 7) is 2.85. The molecule has 2 aromatic rings. The molecule has 108 valence electrons. The van der Waals surface area contributed by atoms with Crippen LogP contribution in [0.3, 0.4) is 0 Å². The summed E-state index contributed by atoms with van der Waals surface area (Å²) < 4.78 is 7.18. The first-order valence-corrected chi connectivity index (χ1v) is 7.14. The molecule has 0 bridgehead atoms. The van der Waals surface area contributed by atoms with Crippen molar-refractivity contribution in [2.45, 2.75) is 25.9 Å². The highest BCUT2D eigenvalue weighted by Crippen LogP contribution is 2.33. The third kappa shape index (κ3) is 2.92. The lowest BCUT2D eigenvalue weighted by Gasteiger charge is -2.18. The van der Waals surface area contributed by atoms with Gasteiger partial charge in [-0.1, -0.05) is 36.2 Å². The Morgan fingerprint density at radius 1 is 1.40 bits per heavy atom. The van der Waals surface area contributed by atoms with Crippen molar-refractivity contribution < 1.29 is 4.74 Å². The van der Waals surface area contributed by atoms with Crippen molar-refractivity contribution in [3.63, 3.8) is 0 Å². The maximum atomic E-state index is 6.35. The molecular weight excluding hydrogens is 297 g/mol. The summed E-state index contributed by atoms with van der Waals surface area (Å²) >= 11 is 12.2. The van der Waals surface area contributed by atoms with E-state index < -0.39 is 6.04 Å². The average Bonchev–Trinajstić information content (AvgIpc) is 2.79. The zero-order chi connectivity index (χ0) is 14.7. The number of benzene rings is 1. The summed E-state index contributed by atoms with van der Waals surface area (Å²) in [6, 6.07) is 4.97. The van der Waals surface area contributed by atoms with Gasteiger partial charge >= 0.3 is 0 Å². The summed E-state index contributed by atoms with van der Waals surface area (Å²) in [5, 5.41) is 5.42. The molecule has 0 amide bonds. The van der Waals surface area contributed by atoms with E-state index in [1.54, 1.807) is 25.4 Å². The van der Waals surface area contributed by atoms with Crippen LogP contribution in [-0.2, 0) is 6.54 Å². The molecule has 0 saturated carbocycles. The van der Waals surface area contributed by atoms with Gasteiger partial charge in [-0.3, -0.25) is 4.68 Å². The standard InChI is InChI=1S/C14H17Cl2N3O/c1-3-6-19-14(11(16)8-18-19)13(17)10-5-4-9(15)7-12(10)20-2/h4-5,7-8,13H,3,6,17H2,1-2H3. The maximum Gasteiger partial charge on any atom is 0.125 e. The van der Waals surface area contributed by atoms with E-state index in [2.05, 4.69) is 12.0 Å². The molecule has 0 aliphatic rings. The summed E-state index contributed by atoms with van der Waals surface area (Å²) in [6.07, 6.45) is 2.57. The molecule has 0 fully saturated rings. The number of aromatic nitrogens is 2. The van der Waals surface area contributed by atoms with Gasteiger partial charge in [0.05, 0.1) is 30.1 Å². The number of aryl methyl sites for hydroxylation is 1. The van der Waals surface area contributed by atoms with Gasteiger partial charge in [-0.2, -0.15) is 5.10 Å². The number of ether oxygens (including phenoxy) is 1. The molecule has 4 nitrogen and oxygen atoms in total. The zero-order valence-electron chi connectivity index (χ0n) is 11.4. The molecule has 0 radical (unpaired) electrons. The smallest absolute Gasteiger partial charge is 0.125 e. The van der Waals surface area contributed by atoms with Crippen LogP contribution in [0.25, 0.3) is 0 Å². The first-order valence-electron chi connectivity index (χ1n) is 6.38. The van der Waals surface area contributed by atoms with Crippen molar-refractivity contribution in [2.24, 2.45) is 5.73 Å². The zero-order valence-corrected chi connectivity index (χ0v) is 12.9. The van der Waals surface area contributed by atoms with Gasteiger partial charge in [0.25, 0.3) is 0 Å². The van der Waals surface area contributed by atoms with Crippen molar-refractivity contribution >= 4 is 23.2 Å². The number of hydrogen-bond acceptors (Lipinski definition) is 3. The third-order valence-electron chi connectivity index (χ3n) is 3.09. The van der Waals surface area contributed by atoms with Gasteiger partial charge in [0, 0.05) is 17.1 Å². The predicted octanol–water partition coefficient (Wildman–Crippen LogP) is 3.66. The number of rotatable bonds is 5. The SMILES string of the molecule is CCCn1ncc(Cl)c1C(N)c1ccc(Cl)cc1OC. The second kappa shape index (κ2) is 6.48. The molecule has 1 atom stereocenters. The normalized spacial score (nSPS) is 12.4. The number of nitrogens with zero attached hydrogens (tertiary/aromatic N) is 2. The van der Waals surface area contributed by atoms with Gasteiger partial charge in [-0.15, -0.1) is 0 Å². The summed E-state index contributed by atoms with van der Waals surface area (Å²) in [5.41, 5.74) is 7.97. The van der Waals surface area contributed by atoms with Crippen molar-refractivity contribution in [1.29, 1.82) is 0 Å². The van der Waals surface area contributed by atoms with Crippen LogP contribution in [0.5, 0.6) is 5.75 Å². The van der Waals surface area contributed by atoms with Gasteiger partial charge in [-0.25, -0.2) is 0 Å². The molecule has 0 aliphatic heterocycles. The van der Waals surface area contributed by atoms with Crippen LogP contribution in [0.1, 0.15) is 30.6 Å². The lowest BCUT2D eigenvalue weighted by atomic mass is 10.0. The number of hydrogen-bond donors (Lipinski definition) is 1. The number of methoxy groups -OCH3 is 1. The van der Waals surface area contributed by atoms with Crippen LogP contribution >= 0.6 is 23.2 Å². The Balaban J connectivity index is 2.45. The van der Waals surface area contributed by atoms with Crippen molar-refractivity contribution in [3.8, 4) is 5.75 Å². The Hall–Kier alpha value is -1.23. The minimum absolute atomic E-state index is 0.413. The fourth-order valence-electron chi connectivity index (χ4n) is 2.16. The van der Waals surface area contributed by atoms with Crippen LogP contribution in [0, 0.1) is 0 Å². The molecule has 2 N–H and O–H groups in total. The van der Waals surface area contributed by atoms with E-state index in [0.717, 1.165) is 24.2 Å². The lowest BCUT2D eigenvalue weighted by Crippen LogP contribution is -2.18. The highest BCUT2D eigenvalue weighted by Gasteiger charge is 2.21. The highest BCUT2D eigenvalue weighted by molar-refractivity contribution is 6.31. The van der Waals surface area contributed by atoms with Crippen LogP contribution < -0.4 is 10.5 Å². The van der Waals surface area contributed by atoms with E-state index in [9.17, 15) is 0 Å². The number of nitrogens with two attached hydrogens (primary N) is 1. The molecule has 1 heterocycles. The molecule has 1 aromatic carbocycles. The van der Waals surface area contributed by atoms with Gasteiger partial charge in [0.15, 0.2) is 0 Å². The van der Waals surface area contributed by atoms with Crippen molar-refractivity contribution in [1.82, 2.24) is 9.78 Å². The van der Waals surface area contributed by atoms with Crippen molar-refractivity contribution in [2.75, 3.05) is 7.11 Å². The molecule has 1 aromatic heterocycles. The molecule has 20 heavy (non-hydrogen) atoms. The monoisotopic (exact) mass is 313 g/mol. The molecule has 0 saturated heterocycles. The minimum Gasteiger partial charge on any atom is -0.496 e. The summed E-state index contributed by atoms with van der Waals surface area (Å²) in [5.74, 6) is 0.644. The van der Waals surface area contributed by atoms with Gasteiger partial charge < -0.3 is 10.5 Å². The third-order valence-corrected chi connectivity index (χ3v) is 3.62. The van der Waals surface area contributed by atoms with Crippen LogP contribution in [0.15, 0.2) is 24.4 Å². The van der Waals surface area contributed by atoms with E-state index in [-0.39, 0.29) is 0 Å². The second-order valence-electron chi connectivity index (χ2n) is 4.46. The maximum absolute atomic E-state index is 6.35. The molecule has 6 heteroatoms. The Morgan fingerprint density at radius 2 is 2.15 bits per heavy atom. The summed E-state index contributed by atoms with van der Waals surface area (Å²) in [7, 11) is 1.59. The summed E-state index contributed by atoms with van der Waals surface area (Å²) in [4.78, 5) is 0. The van der Waals surface area contributed by atoms with Gasteiger partial charge in [0.2, 0.25) is 0 Å². The fourth-order valence-corrected chi connectivity index (χ4v) is 2.58. The van der Waals surface area contributed by atoms with Crippen LogP contribution in [0.2, 0.25) is 10.0 Å². The average molecular weight is 314 g/mol. The minimum atomic E-state index is -0.413. The van der Waals surface area contributed by atoms with E-state index in [1.165, 1.54) is 0 Å². The first-order chi connectivity index (χ1) is 9.58.